The van der Waals surface area contributed by atoms with E-state index in [-0.39, 0.29) is 6.04 Å². The van der Waals surface area contributed by atoms with Crippen molar-refractivity contribution in [3.63, 3.8) is 0 Å². The quantitative estimate of drug-likeness (QED) is 0.488. The summed E-state index contributed by atoms with van der Waals surface area (Å²) < 4.78 is 5.52. The Labute approximate surface area is 213 Å². The van der Waals surface area contributed by atoms with Crippen LogP contribution in [0.25, 0.3) is 21.8 Å². The highest BCUT2D eigenvalue weighted by Crippen LogP contribution is 2.47. The van der Waals surface area contributed by atoms with Gasteiger partial charge in [-0.3, -0.25) is 5.10 Å². The molecule has 1 aromatic carbocycles. The van der Waals surface area contributed by atoms with Crippen molar-refractivity contribution in [2.75, 3.05) is 31.2 Å². The van der Waals surface area contributed by atoms with E-state index in [2.05, 4.69) is 44.5 Å². The average molecular weight is 502 g/mol. The number of aromatic nitrogens is 3. The SMILES string of the molecule is CC1=CC=CC(C)(c2ccc(-c3c(-c4nc[nH]n4)sc(N4CCOCC4)c3C#N)cc2)C1NC(N)=O. The van der Waals surface area contributed by atoms with Crippen LogP contribution in [0.4, 0.5) is 9.80 Å². The molecule has 3 heterocycles. The van der Waals surface area contributed by atoms with Crippen molar-refractivity contribution in [1.29, 1.82) is 5.26 Å². The van der Waals surface area contributed by atoms with Gasteiger partial charge >= 0.3 is 6.03 Å². The van der Waals surface area contributed by atoms with Crippen molar-refractivity contribution in [3.05, 3.63) is 65.5 Å². The summed E-state index contributed by atoms with van der Waals surface area (Å²) in [7, 11) is 0. The van der Waals surface area contributed by atoms with Crippen molar-refractivity contribution in [2.45, 2.75) is 25.3 Å². The number of thiophene rings is 1. The zero-order valence-corrected chi connectivity index (χ0v) is 20.9. The molecule has 36 heavy (non-hydrogen) atoms. The summed E-state index contributed by atoms with van der Waals surface area (Å²) in [6.07, 6.45) is 7.61. The van der Waals surface area contributed by atoms with Crippen LogP contribution in [0.2, 0.25) is 0 Å². The van der Waals surface area contributed by atoms with E-state index in [9.17, 15) is 10.1 Å². The van der Waals surface area contributed by atoms with E-state index in [1.807, 2.05) is 43.3 Å². The Morgan fingerprint density at radius 2 is 2.08 bits per heavy atom. The number of amides is 2. The van der Waals surface area contributed by atoms with Gasteiger partial charge in [0.25, 0.3) is 0 Å². The van der Waals surface area contributed by atoms with Gasteiger partial charge in [-0.15, -0.1) is 11.3 Å². The highest BCUT2D eigenvalue weighted by Gasteiger charge is 2.37. The molecule has 0 bridgehead atoms. The monoisotopic (exact) mass is 501 g/mol. The summed E-state index contributed by atoms with van der Waals surface area (Å²) >= 11 is 1.53. The Hall–Kier alpha value is -3.94. The van der Waals surface area contributed by atoms with E-state index in [0.717, 1.165) is 45.2 Å². The third-order valence-corrected chi connectivity index (χ3v) is 8.10. The van der Waals surface area contributed by atoms with Crippen LogP contribution in [0.1, 0.15) is 25.0 Å². The number of rotatable bonds is 5. The summed E-state index contributed by atoms with van der Waals surface area (Å²) in [5.74, 6) is 0.559. The van der Waals surface area contributed by atoms with Crippen molar-refractivity contribution >= 4 is 22.4 Å². The fourth-order valence-electron chi connectivity index (χ4n) is 4.99. The van der Waals surface area contributed by atoms with E-state index in [4.69, 9.17) is 10.5 Å². The lowest BCUT2D eigenvalue weighted by Gasteiger charge is -2.38. The maximum absolute atomic E-state index is 11.7. The third-order valence-electron chi connectivity index (χ3n) is 6.86. The number of benzene rings is 1. The van der Waals surface area contributed by atoms with Gasteiger partial charge in [-0.1, -0.05) is 42.5 Å². The van der Waals surface area contributed by atoms with Crippen molar-refractivity contribution in [1.82, 2.24) is 20.5 Å². The number of anilines is 1. The van der Waals surface area contributed by atoms with Gasteiger partial charge in [0, 0.05) is 24.1 Å². The number of nitrogens with one attached hydrogen (secondary N) is 2. The highest BCUT2D eigenvalue weighted by atomic mass is 32.1. The number of aromatic amines is 1. The molecule has 4 N–H and O–H groups in total. The van der Waals surface area contributed by atoms with Gasteiger partial charge in [0.15, 0.2) is 5.82 Å². The zero-order valence-electron chi connectivity index (χ0n) is 20.1. The average Bonchev–Trinajstić information content (AvgIpc) is 3.55. The molecule has 2 unspecified atom stereocenters. The number of nitrogens with zero attached hydrogens (tertiary/aromatic N) is 4. The number of nitrogens with two attached hydrogens (primary N) is 1. The third kappa shape index (κ3) is 4.17. The van der Waals surface area contributed by atoms with Crippen LogP contribution in [-0.2, 0) is 10.2 Å². The van der Waals surface area contributed by atoms with E-state index in [0.29, 0.717) is 24.6 Å². The van der Waals surface area contributed by atoms with Gasteiger partial charge in [-0.05, 0) is 30.5 Å². The predicted molar refractivity (Wildman–Crippen MR) is 140 cm³/mol. The molecule has 10 heteroatoms. The van der Waals surface area contributed by atoms with Gasteiger partial charge in [0.05, 0.1) is 29.7 Å². The van der Waals surface area contributed by atoms with Crippen LogP contribution >= 0.6 is 11.3 Å². The van der Waals surface area contributed by atoms with Crippen LogP contribution in [0, 0.1) is 11.3 Å². The second kappa shape index (κ2) is 9.60. The molecule has 0 saturated carbocycles. The molecule has 1 fully saturated rings. The molecular formula is C26H27N7O2S. The standard InChI is InChI=1S/C26H27N7O2S/c1-16-4-3-9-26(2,22(16)31-25(28)34)18-7-5-17(6-8-18)20-19(14-27)24(33-10-12-35-13-11-33)36-21(20)23-29-15-30-32-23/h3-9,15,22H,10-13H2,1-2H3,(H3,28,31,34)(H,29,30,32). The number of carbonyl (C=O) groups excluding carboxylic acids is 1. The zero-order chi connectivity index (χ0) is 25.3. The Morgan fingerprint density at radius 1 is 1.33 bits per heavy atom. The van der Waals surface area contributed by atoms with E-state index in [1.54, 1.807) is 6.33 Å². The first-order valence-electron chi connectivity index (χ1n) is 11.7. The molecule has 2 amide bonds. The van der Waals surface area contributed by atoms with Crippen molar-refractivity contribution in [3.8, 4) is 27.9 Å². The van der Waals surface area contributed by atoms with Gasteiger partial charge < -0.3 is 20.7 Å². The lowest BCUT2D eigenvalue weighted by molar-refractivity contribution is 0.123. The Balaban J connectivity index is 1.58. The minimum absolute atomic E-state index is 0.265. The fourth-order valence-corrected chi connectivity index (χ4v) is 6.26. The second-order valence-corrected chi connectivity index (χ2v) is 10.1. The molecule has 0 radical (unpaired) electrons. The van der Waals surface area contributed by atoms with Crippen LogP contribution in [-0.4, -0.2) is 53.6 Å². The number of nitriles is 1. The van der Waals surface area contributed by atoms with Crippen LogP contribution in [0.5, 0.6) is 0 Å². The predicted octanol–water partition coefficient (Wildman–Crippen LogP) is 3.72. The van der Waals surface area contributed by atoms with Crippen LogP contribution < -0.4 is 16.0 Å². The molecule has 1 saturated heterocycles. The molecule has 2 aromatic heterocycles. The first-order valence-corrected chi connectivity index (χ1v) is 12.5. The Morgan fingerprint density at radius 3 is 2.72 bits per heavy atom. The number of urea groups is 1. The molecule has 9 nitrogen and oxygen atoms in total. The molecule has 184 valence electrons. The maximum atomic E-state index is 11.7. The number of morpholine rings is 1. The van der Waals surface area contributed by atoms with Gasteiger partial charge in [-0.25, -0.2) is 9.78 Å². The number of carbonyl (C=O) groups is 1. The minimum Gasteiger partial charge on any atom is -0.378 e. The topological polar surface area (TPSA) is 133 Å². The van der Waals surface area contributed by atoms with Gasteiger partial charge in [-0.2, -0.15) is 10.4 Å². The lowest BCUT2D eigenvalue weighted by Crippen LogP contribution is -2.51. The summed E-state index contributed by atoms with van der Waals surface area (Å²) in [4.78, 5) is 19.2. The van der Waals surface area contributed by atoms with Crippen LogP contribution in [0.15, 0.2) is 54.4 Å². The van der Waals surface area contributed by atoms with Gasteiger partial charge in [0.2, 0.25) is 0 Å². The number of H-pyrrole nitrogens is 1. The van der Waals surface area contributed by atoms with Gasteiger partial charge in [0.1, 0.15) is 17.4 Å². The molecule has 0 spiro atoms. The molecule has 1 aliphatic heterocycles. The fraction of sp³-hybridized carbons (Fsp3) is 0.308. The van der Waals surface area contributed by atoms with E-state index >= 15 is 0 Å². The summed E-state index contributed by atoms with van der Waals surface area (Å²) in [5.41, 5.74) is 9.39. The first-order chi connectivity index (χ1) is 17.4. The summed E-state index contributed by atoms with van der Waals surface area (Å²) in [5, 5.41) is 21.1. The number of hydrogen-bond donors (Lipinski definition) is 3. The second-order valence-electron chi connectivity index (χ2n) is 9.09. The van der Waals surface area contributed by atoms with E-state index < -0.39 is 11.4 Å². The highest BCUT2D eigenvalue weighted by molar-refractivity contribution is 7.20. The molecule has 5 rings (SSSR count). The molecular weight excluding hydrogens is 474 g/mol. The number of ether oxygens (including phenoxy) is 1. The maximum Gasteiger partial charge on any atom is 0.312 e. The van der Waals surface area contributed by atoms with Crippen molar-refractivity contribution in [2.24, 2.45) is 5.73 Å². The largest absolute Gasteiger partial charge is 0.378 e. The smallest absolute Gasteiger partial charge is 0.312 e. The normalized spacial score (nSPS) is 21.6. The summed E-state index contributed by atoms with van der Waals surface area (Å²) in [6.45, 7) is 6.78. The Kier molecular flexibility index (Phi) is 6.35. The number of hydrogen-bond acceptors (Lipinski definition) is 7. The Bertz CT molecular complexity index is 1360. The molecule has 2 aliphatic rings. The molecule has 1 aliphatic carbocycles. The number of primary amides is 1. The molecule has 2 atom stereocenters. The van der Waals surface area contributed by atoms with E-state index in [1.165, 1.54) is 11.3 Å². The van der Waals surface area contributed by atoms with Crippen molar-refractivity contribution < 1.29 is 9.53 Å². The minimum atomic E-state index is -0.561. The summed E-state index contributed by atoms with van der Waals surface area (Å²) in [6, 6.07) is 9.75. The number of allylic oxidation sites excluding steroid dienone is 2. The lowest BCUT2D eigenvalue weighted by atomic mass is 9.70. The first kappa shape index (κ1) is 23.8. The molecule has 3 aromatic rings. The van der Waals surface area contributed by atoms with Crippen LogP contribution in [0.3, 0.4) is 0 Å².